The summed E-state index contributed by atoms with van der Waals surface area (Å²) in [5.41, 5.74) is 0. The average Bonchev–Trinajstić information content (AvgIpc) is 1.69. The number of oxime groups is 1. The Labute approximate surface area is 62.8 Å². The zero-order valence-corrected chi connectivity index (χ0v) is 7.77. The van der Waals surface area contributed by atoms with Gasteiger partial charge in [-0.05, 0) is 6.92 Å². The molecule has 0 amide bonds. The van der Waals surface area contributed by atoms with Gasteiger partial charge in [-0.3, -0.25) is 0 Å². The fourth-order valence-corrected chi connectivity index (χ4v) is 0. The van der Waals surface area contributed by atoms with Crippen molar-refractivity contribution in [2.24, 2.45) is 5.16 Å². The summed E-state index contributed by atoms with van der Waals surface area (Å²) in [7, 11) is 0. The van der Waals surface area contributed by atoms with Gasteiger partial charge in [0.25, 0.3) is 0 Å². The Morgan fingerprint density at radius 3 is 1.86 bits per heavy atom. The van der Waals surface area contributed by atoms with Crippen LogP contribution in [0.15, 0.2) is 5.16 Å². The molecule has 0 aromatic rings. The molecule has 0 spiro atoms. The third kappa shape index (κ3) is 45.1. The number of hydrogen-bond acceptors (Lipinski definition) is 2. The third-order valence-corrected chi connectivity index (χ3v) is 0.115. The zero-order valence-electron chi connectivity index (χ0n) is 3.56. The van der Waals surface area contributed by atoms with Crippen LogP contribution in [0, 0.1) is 0 Å². The zero-order chi connectivity index (χ0) is 6.12. The van der Waals surface area contributed by atoms with Crippen molar-refractivity contribution in [3.05, 3.63) is 0 Å². The molecule has 0 rings (SSSR count). The first-order valence-corrected chi connectivity index (χ1v) is 6.43. The van der Waals surface area contributed by atoms with Crippen LogP contribution in [0.25, 0.3) is 0 Å². The molecule has 5 heteroatoms. The molecule has 0 atom stereocenters. The van der Waals surface area contributed by atoms with Crippen LogP contribution in [0.5, 0.6) is 0 Å². The molecular weight excluding hydrogens is 273 g/mol. The van der Waals surface area contributed by atoms with E-state index in [1.165, 1.54) is 6.21 Å². The molecule has 0 radical (unpaired) electrons. The van der Waals surface area contributed by atoms with Gasteiger partial charge in [0.1, 0.15) is 0 Å². The van der Waals surface area contributed by atoms with Gasteiger partial charge in [-0.1, -0.05) is 0 Å². The van der Waals surface area contributed by atoms with Crippen LogP contribution in [0.4, 0.5) is 0 Å². The van der Waals surface area contributed by atoms with Gasteiger partial charge in [0.15, 0.2) is 0 Å². The molecule has 2 nitrogen and oxygen atoms in total. The second kappa shape index (κ2) is 15.8. The molecule has 0 bridgehead atoms. The first-order chi connectivity index (χ1) is 3.33. The molecule has 0 aliphatic carbocycles. The Morgan fingerprint density at radius 2 is 1.86 bits per heavy atom. The first-order valence-electron chi connectivity index (χ1n) is 1.29. The van der Waals surface area contributed by atoms with Crippen LogP contribution < -0.4 is 0 Å². The average molecular weight is 278 g/mol. The van der Waals surface area contributed by atoms with E-state index in [4.69, 9.17) is 5.21 Å². The van der Waals surface area contributed by atoms with Crippen LogP contribution in [-0.2, 0) is 11.1 Å². The van der Waals surface area contributed by atoms with E-state index in [9.17, 15) is 0 Å². The van der Waals surface area contributed by atoms with Crippen molar-refractivity contribution in [1.29, 1.82) is 0 Å². The molecule has 0 unspecified atom stereocenters. The van der Waals surface area contributed by atoms with Crippen LogP contribution in [0.2, 0.25) is 0 Å². The van der Waals surface area contributed by atoms with Crippen molar-refractivity contribution in [2.75, 3.05) is 0 Å². The van der Waals surface area contributed by atoms with E-state index in [2.05, 4.69) is 33.5 Å². The van der Waals surface area contributed by atoms with Crippen LogP contribution in [0.3, 0.4) is 0 Å². The van der Waals surface area contributed by atoms with Crippen molar-refractivity contribution in [3.63, 3.8) is 0 Å². The molecule has 0 heterocycles. The maximum atomic E-state index is 7.44. The van der Waals surface area contributed by atoms with E-state index in [0.717, 1.165) is 11.1 Å². The summed E-state index contributed by atoms with van der Waals surface area (Å²) in [4.78, 5) is 0. The summed E-state index contributed by atoms with van der Waals surface area (Å²) in [6.45, 7) is 1.64. The van der Waals surface area contributed by atoms with Crippen LogP contribution >= 0.6 is 28.3 Å². The molecular formula is C2H5Br2CoNO. The second-order valence-corrected chi connectivity index (χ2v) is 5.67. The van der Waals surface area contributed by atoms with E-state index >= 15 is 0 Å². The summed E-state index contributed by atoms with van der Waals surface area (Å²) in [5, 5.41) is 10.1. The van der Waals surface area contributed by atoms with Gasteiger partial charge < -0.3 is 5.21 Å². The number of hydrogen-bond donors (Lipinski definition) is 1. The first kappa shape index (κ1) is 10.8. The standard InChI is InChI=1S/C2H5NO.2BrH.Co/c1-2-3-4;;;/h2,4H,1H3;2*1H;/q;;;+2/p-2. The van der Waals surface area contributed by atoms with E-state index in [-0.39, 0.29) is 0 Å². The molecule has 0 aliphatic heterocycles. The summed E-state index contributed by atoms with van der Waals surface area (Å²) in [6, 6.07) is 0. The summed E-state index contributed by atoms with van der Waals surface area (Å²) in [5.74, 6) is 0. The Hall–Kier alpha value is 0.936. The molecule has 1 N–H and O–H groups in total. The number of nitrogens with zero attached hydrogens (tertiary/aromatic N) is 1. The molecule has 0 aromatic carbocycles. The molecule has 7 heavy (non-hydrogen) atoms. The second-order valence-electron chi connectivity index (χ2n) is 0.421. The van der Waals surface area contributed by atoms with Crippen molar-refractivity contribution in [3.8, 4) is 0 Å². The van der Waals surface area contributed by atoms with Gasteiger partial charge in [-0.15, -0.1) is 5.16 Å². The van der Waals surface area contributed by atoms with Crippen molar-refractivity contribution >= 4 is 34.6 Å². The predicted octanol–water partition coefficient (Wildman–Crippen LogP) is 2.16. The van der Waals surface area contributed by atoms with Gasteiger partial charge in [0, 0.05) is 6.21 Å². The predicted molar refractivity (Wildman–Crippen MR) is 33.8 cm³/mol. The van der Waals surface area contributed by atoms with Gasteiger partial charge in [0.05, 0.1) is 0 Å². The van der Waals surface area contributed by atoms with E-state index in [0.29, 0.717) is 0 Å². The van der Waals surface area contributed by atoms with Crippen molar-refractivity contribution in [1.82, 2.24) is 0 Å². The fourth-order valence-electron chi connectivity index (χ4n) is 0. The Kier molecular flexibility index (Phi) is 24.4. The Bertz CT molecular complexity index is 38.7. The van der Waals surface area contributed by atoms with Gasteiger partial charge in [0.2, 0.25) is 0 Å². The third-order valence-electron chi connectivity index (χ3n) is 0.115. The molecule has 0 aromatic heterocycles. The molecule has 47 valence electrons. The van der Waals surface area contributed by atoms with Crippen molar-refractivity contribution in [2.45, 2.75) is 6.92 Å². The van der Waals surface area contributed by atoms with E-state index < -0.39 is 0 Å². The molecule has 0 saturated heterocycles. The minimum atomic E-state index is 1.06. The monoisotopic (exact) mass is 276 g/mol. The topological polar surface area (TPSA) is 32.6 Å². The van der Waals surface area contributed by atoms with Crippen molar-refractivity contribution < 1.29 is 16.3 Å². The normalized spacial score (nSPS) is 8.43. The summed E-state index contributed by atoms with van der Waals surface area (Å²) < 4.78 is 0. The SMILES string of the molecule is CC=NO.[Br][Co][Br]. The van der Waals surface area contributed by atoms with E-state index in [1.807, 2.05) is 0 Å². The fraction of sp³-hybridized carbons (Fsp3) is 0.500. The Morgan fingerprint density at radius 1 is 1.71 bits per heavy atom. The molecule has 0 fully saturated rings. The quantitative estimate of drug-likeness (QED) is 0.411. The van der Waals surface area contributed by atoms with Gasteiger partial charge >= 0.3 is 39.5 Å². The molecule has 0 aliphatic rings. The molecule has 0 saturated carbocycles. The number of rotatable bonds is 0. The van der Waals surface area contributed by atoms with Crippen LogP contribution in [-0.4, -0.2) is 11.4 Å². The summed E-state index contributed by atoms with van der Waals surface area (Å²) in [6.07, 6.45) is 1.31. The maximum absolute atomic E-state index is 7.44. The summed E-state index contributed by atoms with van der Waals surface area (Å²) >= 11 is 7.12. The van der Waals surface area contributed by atoms with Gasteiger partial charge in [-0.2, -0.15) is 0 Å². The van der Waals surface area contributed by atoms with Gasteiger partial charge in [-0.25, -0.2) is 0 Å². The number of halogens is 2. The Balaban J connectivity index is 0. The van der Waals surface area contributed by atoms with Crippen LogP contribution in [0.1, 0.15) is 6.92 Å². The minimum absolute atomic E-state index is 1.06. The van der Waals surface area contributed by atoms with E-state index in [1.54, 1.807) is 6.92 Å².